The Morgan fingerprint density at radius 1 is 1.17 bits per heavy atom. The van der Waals surface area contributed by atoms with Crippen LogP contribution in [0.3, 0.4) is 0 Å². The van der Waals surface area contributed by atoms with E-state index in [9.17, 15) is 9.18 Å². The molecule has 0 saturated carbocycles. The molecule has 3 aromatic rings. The van der Waals surface area contributed by atoms with E-state index in [1.165, 1.54) is 12.3 Å². The number of ether oxygens (including phenoxy) is 1. The summed E-state index contributed by atoms with van der Waals surface area (Å²) in [5.74, 6) is -0.109. The van der Waals surface area contributed by atoms with Gasteiger partial charge in [-0.3, -0.25) is 14.8 Å². The van der Waals surface area contributed by atoms with Gasteiger partial charge in [0.05, 0.1) is 17.5 Å². The summed E-state index contributed by atoms with van der Waals surface area (Å²) in [6, 6.07) is 9.81. The van der Waals surface area contributed by atoms with Gasteiger partial charge >= 0.3 is 0 Å². The van der Waals surface area contributed by atoms with E-state index in [-0.39, 0.29) is 23.5 Å². The molecular weight excluding hydrogens is 371 g/mol. The number of aryl methyl sites for hydroxylation is 1. The van der Waals surface area contributed by atoms with Gasteiger partial charge in [-0.25, -0.2) is 9.37 Å². The molecule has 1 aromatic carbocycles. The van der Waals surface area contributed by atoms with E-state index in [0.717, 1.165) is 24.2 Å². The lowest BCUT2D eigenvalue weighted by Gasteiger charge is -2.32. The molecule has 148 valence electrons. The van der Waals surface area contributed by atoms with Gasteiger partial charge in [0.2, 0.25) is 5.88 Å². The van der Waals surface area contributed by atoms with Gasteiger partial charge < -0.3 is 9.64 Å². The molecule has 0 unspecified atom stereocenters. The lowest BCUT2D eigenvalue weighted by atomic mass is 9.94. The highest BCUT2D eigenvalue weighted by molar-refractivity contribution is 5.94. The lowest BCUT2D eigenvalue weighted by molar-refractivity contribution is 0.0705. The molecule has 1 aliphatic heterocycles. The number of aromatic nitrogens is 3. The van der Waals surface area contributed by atoms with Crippen LogP contribution in [0.4, 0.5) is 4.39 Å². The number of carbonyl (C=O) groups excluding carboxylic acids is 1. The van der Waals surface area contributed by atoms with Crippen molar-refractivity contribution >= 4 is 5.91 Å². The molecule has 4 rings (SSSR count). The van der Waals surface area contributed by atoms with Crippen LogP contribution in [0.15, 0.2) is 55.0 Å². The standard InChI is InChI=1S/C22H21FN4O2/c1-15-8-9-16(11-25-15)22(28)27-10-4-5-17(14-27)19-12-24-13-21(26-19)29-20-7-3-2-6-18(20)23/h2-3,6-9,11-13,17H,4-5,10,14H2,1H3/t17-/m0/s1. The number of amides is 1. The minimum absolute atomic E-state index is 0.0334. The number of hydrogen-bond donors (Lipinski definition) is 0. The van der Waals surface area contributed by atoms with Gasteiger partial charge in [0, 0.05) is 37.1 Å². The Bertz CT molecular complexity index is 1010. The number of hydrogen-bond acceptors (Lipinski definition) is 5. The van der Waals surface area contributed by atoms with Crippen LogP contribution < -0.4 is 4.74 Å². The second-order valence-corrected chi connectivity index (χ2v) is 7.09. The number of halogens is 1. The highest BCUT2D eigenvalue weighted by atomic mass is 19.1. The number of nitrogens with zero attached hydrogens (tertiary/aromatic N) is 4. The Balaban J connectivity index is 1.49. The fraction of sp³-hybridized carbons (Fsp3) is 0.273. The van der Waals surface area contributed by atoms with Crippen molar-refractivity contribution in [2.24, 2.45) is 0 Å². The van der Waals surface area contributed by atoms with Crippen LogP contribution >= 0.6 is 0 Å². The summed E-state index contributed by atoms with van der Waals surface area (Å²) in [6.45, 7) is 3.13. The largest absolute Gasteiger partial charge is 0.434 e. The van der Waals surface area contributed by atoms with Crippen molar-refractivity contribution in [2.75, 3.05) is 13.1 Å². The first-order valence-corrected chi connectivity index (χ1v) is 9.56. The average Bonchev–Trinajstić information content (AvgIpc) is 2.76. The molecule has 0 aliphatic carbocycles. The molecule has 3 heterocycles. The second-order valence-electron chi connectivity index (χ2n) is 7.09. The number of benzene rings is 1. The van der Waals surface area contributed by atoms with E-state index >= 15 is 0 Å². The fourth-order valence-corrected chi connectivity index (χ4v) is 3.43. The maximum atomic E-state index is 13.8. The van der Waals surface area contributed by atoms with Crippen molar-refractivity contribution in [1.29, 1.82) is 0 Å². The van der Waals surface area contributed by atoms with Crippen LogP contribution in [0.1, 0.15) is 40.5 Å². The van der Waals surface area contributed by atoms with Gasteiger partial charge in [-0.05, 0) is 44.0 Å². The maximum Gasteiger partial charge on any atom is 0.255 e. The Labute approximate surface area is 168 Å². The van der Waals surface area contributed by atoms with E-state index in [0.29, 0.717) is 18.7 Å². The van der Waals surface area contributed by atoms with E-state index in [1.807, 2.05) is 17.9 Å². The van der Waals surface area contributed by atoms with Crippen LogP contribution in [0.2, 0.25) is 0 Å². The number of piperidine rings is 1. The summed E-state index contributed by atoms with van der Waals surface area (Å²) >= 11 is 0. The van der Waals surface area contributed by atoms with E-state index in [1.54, 1.807) is 36.7 Å². The molecule has 0 spiro atoms. The molecule has 6 nitrogen and oxygen atoms in total. The van der Waals surface area contributed by atoms with Crippen LogP contribution in [-0.2, 0) is 0 Å². The lowest BCUT2D eigenvalue weighted by Crippen LogP contribution is -2.39. The minimum Gasteiger partial charge on any atom is -0.434 e. The maximum absolute atomic E-state index is 13.8. The first kappa shape index (κ1) is 19.0. The van der Waals surface area contributed by atoms with Crippen LogP contribution in [0.5, 0.6) is 11.6 Å². The van der Waals surface area contributed by atoms with Crippen molar-refractivity contribution in [1.82, 2.24) is 19.9 Å². The quantitative estimate of drug-likeness (QED) is 0.668. The highest BCUT2D eigenvalue weighted by Gasteiger charge is 2.27. The third-order valence-corrected chi connectivity index (χ3v) is 4.97. The molecule has 7 heteroatoms. The predicted molar refractivity (Wildman–Crippen MR) is 105 cm³/mol. The minimum atomic E-state index is -0.458. The highest BCUT2D eigenvalue weighted by Crippen LogP contribution is 2.28. The van der Waals surface area contributed by atoms with E-state index in [4.69, 9.17) is 4.74 Å². The van der Waals surface area contributed by atoms with Crippen LogP contribution in [-0.4, -0.2) is 38.8 Å². The zero-order valence-corrected chi connectivity index (χ0v) is 16.1. The molecule has 1 amide bonds. The van der Waals surface area contributed by atoms with Gasteiger partial charge in [0.15, 0.2) is 11.6 Å². The second kappa shape index (κ2) is 8.34. The number of para-hydroxylation sites is 1. The van der Waals surface area contributed by atoms with Crippen molar-refractivity contribution in [3.63, 3.8) is 0 Å². The van der Waals surface area contributed by atoms with Crippen LogP contribution in [0.25, 0.3) is 0 Å². The third kappa shape index (κ3) is 4.39. The number of likely N-dealkylation sites (tertiary alicyclic amines) is 1. The molecule has 0 bridgehead atoms. The molecule has 0 radical (unpaired) electrons. The molecular formula is C22H21FN4O2. The molecule has 2 aromatic heterocycles. The zero-order valence-electron chi connectivity index (χ0n) is 16.1. The summed E-state index contributed by atoms with van der Waals surface area (Å²) in [5, 5.41) is 0. The van der Waals surface area contributed by atoms with Crippen molar-refractivity contribution in [3.8, 4) is 11.6 Å². The van der Waals surface area contributed by atoms with Gasteiger partial charge in [-0.2, -0.15) is 0 Å². The normalized spacial score (nSPS) is 16.5. The summed E-state index contributed by atoms with van der Waals surface area (Å²) < 4.78 is 19.4. The number of carbonyl (C=O) groups is 1. The monoisotopic (exact) mass is 392 g/mol. The molecule has 1 aliphatic rings. The third-order valence-electron chi connectivity index (χ3n) is 4.97. The Morgan fingerprint density at radius 3 is 2.83 bits per heavy atom. The van der Waals surface area contributed by atoms with E-state index < -0.39 is 5.82 Å². The van der Waals surface area contributed by atoms with Gasteiger partial charge in [0.1, 0.15) is 0 Å². The fourth-order valence-electron chi connectivity index (χ4n) is 3.43. The topological polar surface area (TPSA) is 68.2 Å². The Kier molecular flexibility index (Phi) is 5.46. The summed E-state index contributed by atoms with van der Waals surface area (Å²) in [5.41, 5.74) is 2.19. The number of pyridine rings is 1. The SMILES string of the molecule is Cc1ccc(C(=O)N2CCC[C@H](c3cncc(Oc4ccccc4F)n3)C2)cn1. The van der Waals surface area contributed by atoms with E-state index in [2.05, 4.69) is 15.0 Å². The van der Waals surface area contributed by atoms with Gasteiger partial charge in [-0.1, -0.05) is 12.1 Å². The smallest absolute Gasteiger partial charge is 0.255 e. The van der Waals surface area contributed by atoms with Crippen molar-refractivity contribution in [3.05, 3.63) is 77.8 Å². The van der Waals surface area contributed by atoms with Crippen LogP contribution in [0, 0.1) is 12.7 Å². The summed E-state index contributed by atoms with van der Waals surface area (Å²) in [7, 11) is 0. The van der Waals surface area contributed by atoms with Gasteiger partial charge in [-0.15, -0.1) is 0 Å². The van der Waals surface area contributed by atoms with Crippen molar-refractivity contribution in [2.45, 2.75) is 25.7 Å². The molecule has 1 fully saturated rings. The summed E-state index contributed by atoms with van der Waals surface area (Å²) in [4.78, 5) is 27.6. The molecule has 29 heavy (non-hydrogen) atoms. The molecule has 1 saturated heterocycles. The number of rotatable bonds is 4. The molecule has 1 atom stereocenters. The zero-order chi connectivity index (χ0) is 20.2. The Morgan fingerprint density at radius 2 is 2.03 bits per heavy atom. The average molecular weight is 392 g/mol. The summed E-state index contributed by atoms with van der Waals surface area (Å²) in [6.07, 6.45) is 6.52. The first-order valence-electron chi connectivity index (χ1n) is 9.56. The molecule has 0 N–H and O–H groups in total. The predicted octanol–water partition coefficient (Wildman–Crippen LogP) is 4.13. The van der Waals surface area contributed by atoms with Gasteiger partial charge in [0.25, 0.3) is 5.91 Å². The van der Waals surface area contributed by atoms with Crippen molar-refractivity contribution < 1.29 is 13.9 Å². The Hall–Kier alpha value is -3.35. The first-order chi connectivity index (χ1) is 14.1.